The number of carbonyl (C=O) groups is 1. The second-order valence-corrected chi connectivity index (χ2v) is 6.02. The molecule has 0 radical (unpaired) electrons. The van der Waals surface area contributed by atoms with Crippen LogP contribution in [0.5, 0.6) is 5.75 Å². The van der Waals surface area contributed by atoms with Crippen LogP contribution in [-0.4, -0.2) is 34.0 Å². The fraction of sp³-hybridized carbons (Fsp3) is 0.333. The Hall–Kier alpha value is -2.60. The monoisotopic (exact) mass is 329 g/mol. The Morgan fingerprint density at radius 2 is 1.83 bits per heavy atom. The molecule has 3 rings (SSSR count). The quantitative estimate of drug-likeness (QED) is 0.899. The van der Waals surface area contributed by atoms with Crippen LogP contribution < -0.4 is 5.43 Å². The zero-order valence-electron chi connectivity index (χ0n) is 13.1. The molecule has 0 atom stereocenters. The maximum absolute atomic E-state index is 12.5. The zero-order chi connectivity index (χ0) is 17.1. The maximum atomic E-state index is 12.5. The van der Waals surface area contributed by atoms with Crippen LogP contribution in [0.3, 0.4) is 0 Å². The van der Waals surface area contributed by atoms with Crippen molar-refractivity contribution in [2.24, 2.45) is 5.92 Å². The molecule has 0 saturated carbocycles. The minimum absolute atomic E-state index is 0.0932. The molecule has 0 aliphatic carbocycles. The van der Waals surface area contributed by atoms with Crippen LogP contribution in [0.4, 0.5) is 0 Å². The van der Waals surface area contributed by atoms with E-state index in [1.807, 2.05) is 0 Å². The van der Waals surface area contributed by atoms with Crippen LogP contribution in [0.25, 0.3) is 11.1 Å². The van der Waals surface area contributed by atoms with Gasteiger partial charge in [-0.05, 0) is 36.5 Å². The largest absolute Gasteiger partial charge is 0.508 e. The maximum Gasteiger partial charge on any atom is 0.341 e. The standard InChI is InChI=1S/C18H19NO5/c20-14-3-1-13(2-4-14)15-10-19(9-12-5-7-24-8-6-12)11-16(17(15)21)18(22)23/h1-4,10-12,20H,5-9H2,(H,22,23). The Morgan fingerprint density at radius 1 is 1.17 bits per heavy atom. The second kappa shape index (κ2) is 6.88. The first-order chi connectivity index (χ1) is 11.5. The summed E-state index contributed by atoms with van der Waals surface area (Å²) in [5.41, 5.74) is 0.146. The van der Waals surface area contributed by atoms with E-state index >= 15 is 0 Å². The summed E-state index contributed by atoms with van der Waals surface area (Å²) in [6.45, 7) is 2.07. The lowest BCUT2D eigenvalue weighted by atomic mass is 9.99. The Balaban J connectivity index is 2.01. The van der Waals surface area contributed by atoms with Gasteiger partial charge in [-0.15, -0.1) is 0 Å². The van der Waals surface area contributed by atoms with Crippen molar-refractivity contribution < 1.29 is 19.7 Å². The lowest BCUT2D eigenvalue weighted by Gasteiger charge is -2.23. The highest BCUT2D eigenvalue weighted by Crippen LogP contribution is 2.21. The molecular formula is C18H19NO5. The molecule has 2 aromatic rings. The molecule has 6 heteroatoms. The van der Waals surface area contributed by atoms with Gasteiger partial charge in [0.2, 0.25) is 5.43 Å². The van der Waals surface area contributed by atoms with E-state index < -0.39 is 11.4 Å². The van der Waals surface area contributed by atoms with E-state index in [0.717, 1.165) is 12.8 Å². The van der Waals surface area contributed by atoms with Crippen LogP contribution >= 0.6 is 0 Å². The van der Waals surface area contributed by atoms with Crippen LogP contribution in [-0.2, 0) is 11.3 Å². The smallest absolute Gasteiger partial charge is 0.341 e. The third-order valence-electron chi connectivity index (χ3n) is 4.30. The molecule has 1 fully saturated rings. The van der Waals surface area contributed by atoms with E-state index in [0.29, 0.717) is 36.8 Å². The zero-order valence-corrected chi connectivity index (χ0v) is 13.1. The molecule has 6 nitrogen and oxygen atoms in total. The molecule has 1 saturated heterocycles. The van der Waals surface area contributed by atoms with Crippen LogP contribution in [0.2, 0.25) is 0 Å². The number of hydrogen-bond donors (Lipinski definition) is 2. The van der Waals surface area contributed by atoms with Gasteiger partial charge in [0.1, 0.15) is 11.3 Å². The molecule has 0 spiro atoms. The number of pyridine rings is 1. The number of phenols is 1. The summed E-state index contributed by atoms with van der Waals surface area (Å²) in [5, 5.41) is 18.7. The lowest BCUT2D eigenvalue weighted by Crippen LogP contribution is -2.24. The molecule has 24 heavy (non-hydrogen) atoms. The lowest BCUT2D eigenvalue weighted by molar-refractivity contribution is 0.0609. The van der Waals surface area contributed by atoms with Gasteiger partial charge in [0.25, 0.3) is 0 Å². The Morgan fingerprint density at radius 3 is 2.46 bits per heavy atom. The van der Waals surface area contributed by atoms with Crippen molar-refractivity contribution in [2.75, 3.05) is 13.2 Å². The number of carboxylic acid groups (broad SMARTS) is 1. The van der Waals surface area contributed by atoms with Crippen molar-refractivity contribution in [1.29, 1.82) is 0 Å². The summed E-state index contributed by atoms with van der Waals surface area (Å²) in [5.74, 6) is -0.743. The number of aromatic nitrogens is 1. The number of rotatable bonds is 4. The van der Waals surface area contributed by atoms with E-state index in [1.165, 1.54) is 18.3 Å². The highest BCUT2D eigenvalue weighted by molar-refractivity contribution is 5.88. The second-order valence-electron chi connectivity index (χ2n) is 6.02. The van der Waals surface area contributed by atoms with Gasteiger partial charge in [0, 0.05) is 37.7 Å². The first kappa shape index (κ1) is 16.3. The number of phenolic OH excluding ortho intramolecular Hbond substituents is 1. The van der Waals surface area contributed by atoms with Crippen molar-refractivity contribution in [3.8, 4) is 16.9 Å². The normalized spacial score (nSPS) is 15.3. The van der Waals surface area contributed by atoms with E-state index in [4.69, 9.17) is 4.74 Å². The van der Waals surface area contributed by atoms with Gasteiger partial charge in [0.05, 0.1) is 0 Å². The predicted molar refractivity (Wildman–Crippen MR) is 88.3 cm³/mol. The third-order valence-corrected chi connectivity index (χ3v) is 4.30. The summed E-state index contributed by atoms with van der Waals surface area (Å²) in [6.07, 6.45) is 4.94. The van der Waals surface area contributed by atoms with E-state index in [9.17, 15) is 19.8 Å². The summed E-state index contributed by atoms with van der Waals surface area (Å²) in [6, 6.07) is 6.17. The molecule has 2 N–H and O–H groups in total. The SMILES string of the molecule is O=C(O)c1cn(CC2CCOCC2)cc(-c2ccc(O)cc2)c1=O. The molecular weight excluding hydrogens is 310 g/mol. The molecule has 0 unspecified atom stereocenters. The average molecular weight is 329 g/mol. The van der Waals surface area contributed by atoms with E-state index in [2.05, 4.69) is 0 Å². The highest BCUT2D eigenvalue weighted by atomic mass is 16.5. The fourth-order valence-electron chi connectivity index (χ4n) is 2.96. The minimum atomic E-state index is -1.23. The molecule has 0 amide bonds. The molecule has 1 aliphatic heterocycles. The van der Waals surface area contributed by atoms with Crippen molar-refractivity contribution >= 4 is 5.97 Å². The van der Waals surface area contributed by atoms with Gasteiger partial charge in [0.15, 0.2) is 0 Å². The molecule has 1 aromatic heterocycles. The number of benzene rings is 1. The van der Waals surface area contributed by atoms with Crippen molar-refractivity contribution in [1.82, 2.24) is 4.57 Å². The minimum Gasteiger partial charge on any atom is -0.508 e. The van der Waals surface area contributed by atoms with Gasteiger partial charge >= 0.3 is 5.97 Å². The van der Waals surface area contributed by atoms with Gasteiger partial charge in [-0.1, -0.05) is 12.1 Å². The third kappa shape index (κ3) is 3.49. The van der Waals surface area contributed by atoms with E-state index in [1.54, 1.807) is 22.9 Å². The van der Waals surface area contributed by atoms with Gasteiger partial charge in [-0.2, -0.15) is 0 Å². The number of nitrogens with zero attached hydrogens (tertiary/aromatic N) is 1. The number of aromatic carboxylic acids is 1. The fourth-order valence-corrected chi connectivity index (χ4v) is 2.96. The summed E-state index contributed by atoms with van der Waals surface area (Å²) in [7, 11) is 0. The average Bonchev–Trinajstić information content (AvgIpc) is 2.58. The number of hydrogen-bond acceptors (Lipinski definition) is 4. The van der Waals surface area contributed by atoms with Crippen molar-refractivity contribution in [3.63, 3.8) is 0 Å². The summed E-state index contributed by atoms with van der Waals surface area (Å²) in [4.78, 5) is 23.9. The Bertz CT molecular complexity index is 788. The van der Waals surface area contributed by atoms with Gasteiger partial charge < -0.3 is 19.5 Å². The predicted octanol–water partition coefficient (Wildman–Crippen LogP) is 2.35. The summed E-state index contributed by atoms with van der Waals surface area (Å²) >= 11 is 0. The van der Waals surface area contributed by atoms with Crippen LogP contribution in [0.15, 0.2) is 41.5 Å². The van der Waals surface area contributed by atoms with Gasteiger partial charge in [-0.3, -0.25) is 4.79 Å². The Kier molecular flexibility index (Phi) is 4.66. The van der Waals surface area contributed by atoms with Crippen LogP contribution in [0.1, 0.15) is 23.2 Å². The van der Waals surface area contributed by atoms with Crippen LogP contribution in [0, 0.1) is 5.92 Å². The first-order valence-electron chi connectivity index (χ1n) is 7.89. The highest BCUT2D eigenvalue weighted by Gasteiger charge is 2.18. The molecule has 2 heterocycles. The number of carboxylic acids is 1. The van der Waals surface area contributed by atoms with Crippen molar-refractivity contribution in [2.45, 2.75) is 19.4 Å². The topological polar surface area (TPSA) is 88.8 Å². The summed E-state index contributed by atoms with van der Waals surface area (Å²) < 4.78 is 7.13. The number of ether oxygens (including phenoxy) is 1. The van der Waals surface area contributed by atoms with Gasteiger partial charge in [-0.25, -0.2) is 4.79 Å². The number of aromatic hydroxyl groups is 1. The molecule has 1 aliphatic rings. The molecule has 126 valence electrons. The van der Waals surface area contributed by atoms with E-state index in [-0.39, 0.29) is 11.3 Å². The molecule has 1 aromatic carbocycles. The van der Waals surface area contributed by atoms with Crippen molar-refractivity contribution in [3.05, 3.63) is 52.4 Å². The Labute approximate surface area is 138 Å². The molecule has 0 bridgehead atoms. The first-order valence-corrected chi connectivity index (χ1v) is 7.89.